The van der Waals surface area contributed by atoms with Gasteiger partial charge in [-0.15, -0.1) is 12.6 Å². The average Bonchev–Trinajstić information content (AvgIpc) is 2.08. The smallest absolute Gasteiger partial charge is 0.0775 e. The molecule has 0 amide bonds. The number of thiol groups is 1. The summed E-state index contributed by atoms with van der Waals surface area (Å²) in [6.45, 7) is 3.72. The fourth-order valence-electron chi connectivity index (χ4n) is 1.01. The summed E-state index contributed by atoms with van der Waals surface area (Å²) in [4.78, 5) is 0.664. The Morgan fingerprint density at radius 1 is 1.08 bits per heavy atom. The van der Waals surface area contributed by atoms with Crippen LogP contribution in [0.25, 0.3) is 0 Å². The number of halogens is 1. The van der Waals surface area contributed by atoms with Crippen molar-refractivity contribution in [3.8, 4) is 0 Å². The van der Waals surface area contributed by atoms with Crippen molar-refractivity contribution in [3.05, 3.63) is 16.1 Å². The highest BCUT2D eigenvalue weighted by atomic mass is 35.5. The van der Waals surface area contributed by atoms with Crippen LogP contribution < -0.4 is 11.5 Å². The fraction of sp³-hybridized carbons (Fsp3) is 0.250. The predicted molar refractivity (Wildman–Crippen MR) is 57.0 cm³/mol. The Morgan fingerprint density at radius 3 is 2.08 bits per heavy atom. The molecule has 0 aliphatic rings. The Bertz CT molecular complexity index is 231. The number of rotatable bonds is 0. The van der Waals surface area contributed by atoms with Crippen LogP contribution >= 0.6 is 24.2 Å². The molecule has 12 heavy (non-hydrogen) atoms. The summed E-state index contributed by atoms with van der Waals surface area (Å²) in [5.74, 6) is 0. The van der Waals surface area contributed by atoms with E-state index >= 15 is 0 Å². The molecule has 0 heterocycles. The molecule has 0 aromatic heterocycles. The molecule has 0 aliphatic heterocycles. The van der Waals surface area contributed by atoms with Crippen molar-refractivity contribution in [3.63, 3.8) is 0 Å². The zero-order valence-corrected chi connectivity index (χ0v) is 8.63. The molecule has 66 valence electrons. The average molecular weight is 203 g/mol. The Hall–Kier alpha value is -0.540. The lowest BCUT2D eigenvalue weighted by Crippen LogP contribution is -2.01. The van der Waals surface area contributed by atoms with Crippen LogP contribution in [0, 0.1) is 13.8 Å². The van der Waals surface area contributed by atoms with Crippen molar-refractivity contribution in [2.45, 2.75) is 18.7 Å². The number of nitrogen functional groups attached to an aromatic ring is 2. The van der Waals surface area contributed by atoms with E-state index < -0.39 is 0 Å². The fourth-order valence-corrected chi connectivity index (χ4v) is 1.54. The molecule has 1 rings (SSSR count). The van der Waals surface area contributed by atoms with Crippen molar-refractivity contribution in [2.75, 3.05) is 11.5 Å². The molecule has 1 aromatic rings. The molecular formula is C8H11ClN2S. The van der Waals surface area contributed by atoms with Gasteiger partial charge < -0.3 is 11.5 Å². The number of nitrogens with two attached hydrogens (primary N) is 2. The third-order valence-electron chi connectivity index (χ3n) is 2.01. The minimum absolute atomic E-state index is 0.488. The third-order valence-corrected chi connectivity index (χ3v) is 3.09. The molecule has 1 aromatic carbocycles. The Balaban J connectivity index is 3.60. The van der Waals surface area contributed by atoms with Crippen molar-refractivity contribution in [2.24, 2.45) is 0 Å². The van der Waals surface area contributed by atoms with Gasteiger partial charge in [0, 0.05) is 10.6 Å². The monoisotopic (exact) mass is 202 g/mol. The van der Waals surface area contributed by atoms with Gasteiger partial charge in [0.1, 0.15) is 0 Å². The Labute approximate surface area is 82.3 Å². The summed E-state index contributed by atoms with van der Waals surface area (Å²) in [5, 5.41) is 0.488. The molecule has 0 fully saturated rings. The van der Waals surface area contributed by atoms with Crippen LogP contribution in [-0.4, -0.2) is 0 Å². The van der Waals surface area contributed by atoms with E-state index in [0.29, 0.717) is 21.3 Å². The highest BCUT2D eigenvalue weighted by Crippen LogP contribution is 2.36. The normalized spacial score (nSPS) is 10.3. The zero-order valence-electron chi connectivity index (χ0n) is 6.98. The van der Waals surface area contributed by atoms with E-state index in [1.54, 1.807) is 0 Å². The maximum absolute atomic E-state index is 5.90. The number of benzene rings is 1. The lowest BCUT2D eigenvalue weighted by atomic mass is 10.1. The molecule has 4 N–H and O–H groups in total. The van der Waals surface area contributed by atoms with E-state index in [1.165, 1.54) is 0 Å². The molecule has 0 aliphatic carbocycles. The van der Waals surface area contributed by atoms with E-state index in [9.17, 15) is 0 Å². The largest absolute Gasteiger partial charge is 0.398 e. The van der Waals surface area contributed by atoms with E-state index in [1.807, 2.05) is 13.8 Å². The topological polar surface area (TPSA) is 52.0 Å². The van der Waals surface area contributed by atoms with Gasteiger partial charge in [-0.3, -0.25) is 0 Å². The van der Waals surface area contributed by atoms with E-state index in [2.05, 4.69) is 12.6 Å². The van der Waals surface area contributed by atoms with Gasteiger partial charge in [-0.25, -0.2) is 0 Å². The minimum atomic E-state index is 0.488. The Morgan fingerprint density at radius 2 is 1.58 bits per heavy atom. The van der Waals surface area contributed by atoms with Crippen molar-refractivity contribution >= 4 is 35.6 Å². The summed E-state index contributed by atoms with van der Waals surface area (Å²) in [6, 6.07) is 0. The standard InChI is InChI=1S/C8H11ClN2S/c1-3-6(10)4(2)8(12)5(9)7(3)11/h12H,10-11H2,1-2H3. The summed E-state index contributed by atoms with van der Waals surface area (Å²) in [7, 11) is 0. The van der Waals surface area contributed by atoms with Crippen molar-refractivity contribution < 1.29 is 0 Å². The van der Waals surface area contributed by atoms with Gasteiger partial charge in [-0.05, 0) is 25.0 Å². The first-order chi connectivity index (χ1) is 5.46. The first-order valence-electron chi connectivity index (χ1n) is 3.49. The molecule has 0 saturated carbocycles. The number of hydrogen-bond donors (Lipinski definition) is 3. The van der Waals surface area contributed by atoms with E-state index in [-0.39, 0.29) is 0 Å². The molecule has 2 nitrogen and oxygen atoms in total. The van der Waals surface area contributed by atoms with Gasteiger partial charge in [0.15, 0.2) is 0 Å². The van der Waals surface area contributed by atoms with Crippen LogP contribution in [0.15, 0.2) is 4.90 Å². The second-order valence-electron chi connectivity index (χ2n) is 2.74. The molecule has 4 heteroatoms. The van der Waals surface area contributed by atoms with Crippen LogP contribution in [-0.2, 0) is 0 Å². The van der Waals surface area contributed by atoms with Crippen LogP contribution in [0.5, 0.6) is 0 Å². The summed E-state index contributed by atoms with van der Waals surface area (Å²) in [5.41, 5.74) is 14.4. The maximum Gasteiger partial charge on any atom is 0.0775 e. The SMILES string of the molecule is Cc1c(N)c(C)c(S)c(Cl)c1N. The second kappa shape index (κ2) is 3.07. The van der Waals surface area contributed by atoms with Crippen LogP contribution in [0.1, 0.15) is 11.1 Å². The Kier molecular flexibility index (Phi) is 2.44. The number of anilines is 2. The predicted octanol–water partition coefficient (Wildman–Crippen LogP) is 2.41. The number of hydrogen-bond acceptors (Lipinski definition) is 3. The molecule has 0 saturated heterocycles. The second-order valence-corrected chi connectivity index (χ2v) is 3.57. The van der Waals surface area contributed by atoms with Crippen LogP contribution in [0.2, 0.25) is 5.02 Å². The summed E-state index contributed by atoms with van der Waals surface area (Å²) >= 11 is 10.1. The van der Waals surface area contributed by atoms with Gasteiger partial charge in [0.25, 0.3) is 0 Å². The third kappa shape index (κ3) is 1.23. The van der Waals surface area contributed by atoms with Crippen LogP contribution in [0.3, 0.4) is 0 Å². The molecule has 0 unspecified atom stereocenters. The first kappa shape index (κ1) is 9.55. The van der Waals surface area contributed by atoms with Crippen molar-refractivity contribution in [1.82, 2.24) is 0 Å². The van der Waals surface area contributed by atoms with Gasteiger partial charge in [-0.2, -0.15) is 0 Å². The summed E-state index contributed by atoms with van der Waals surface area (Å²) < 4.78 is 0. The lowest BCUT2D eigenvalue weighted by Gasteiger charge is -2.12. The van der Waals surface area contributed by atoms with E-state index in [0.717, 1.165) is 11.1 Å². The highest BCUT2D eigenvalue weighted by molar-refractivity contribution is 7.80. The molecule has 0 atom stereocenters. The minimum Gasteiger partial charge on any atom is -0.398 e. The van der Waals surface area contributed by atoms with E-state index in [4.69, 9.17) is 23.1 Å². The van der Waals surface area contributed by atoms with Gasteiger partial charge in [0.2, 0.25) is 0 Å². The highest BCUT2D eigenvalue weighted by Gasteiger charge is 2.11. The van der Waals surface area contributed by atoms with Gasteiger partial charge >= 0.3 is 0 Å². The quantitative estimate of drug-likeness (QED) is 0.447. The molecule has 0 bridgehead atoms. The maximum atomic E-state index is 5.90. The van der Waals surface area contributed by atoms with Gasteiger partial charge in [0.05, 0.1) is 10.7 Å². The lowest BCUT2D eigenvalue weighted by molar-refractivity contribution is 1.28. The zero-order chi connectivity index (χ0) is 9.46. The first-order valence-corrected chi connectivity index (χ1v) is 4.32. The molecule has 0 spiro atoms. The van der Waals surface area contributed by atoms with Crippen LogP contribution in [0.4, 0.5) is 11.4 Å². The van der Waals surface area contributed by atoms with Gasteiger partial charge in [-0.1, -0.05) is 11.6 Å². The molecule has 0 radical (unpaired) electrons. The molecular weight excluding hydrogens is 192 g/mol. The summed E-state index contributed by atoms with van der Waals surface area (Å²) in [6.07, 6.45) is 0. The van der Waals surface area contributed by atoms with Crippen molar-refractivity contribution in [1.29, 1.82) is 0 Å².